The third-order valence-corrected chi connectivity index (χ3v) is 2.04. The average molecular weight is 171 g/mol. The first-order valence-corrected chi connectivity index (χ1v) is 4.12. The molecular weight excluding hydrogens is 158 g/mol. The maximum atomic E-state index is 5.43. The van der Waals surface area contributed by atoms with Gasteiger partial charge in [-0.25, -0.2) is 4.98 Å². The monoisotopic (exact) mass is 171 g/mol. The van der Waals surface area contributed by atoms with Crippen LogP contribution in [0.1, 0.15) is 11.4 Å². The average Bonchev–Trinajstić information content (AvgIpc) is 2.37. The van der Waals surface area contributed by atoms with Crippen LogP contribution in [0, 0.1) is 6.92 Å². The number of nitrogens with two attached hydrogens (primary N) is 1. The number of hydrogen-bond donors (Lipinski definition) is 3. The Morgan fingerprint density at radius 1 is 1.82 bits per heavy atom. The number of nitrogens with zero attached hydrogens (tertiary/aromatic N) is 1. The number of nitrogens with one attached hydrogen (secondary N) is 1. The van der Waals surface area contributed by atoms with Gasteiger partial charge < -0.3 is 10.7 Å². The van der Waals surface area contributed by atoms with E-state index in [2.05, 4.69) is 22.6 Å². The third kappa shape index (κ3) is 2.24. The van der Waals surface area contributed by atoms with Crippen LogP contribution in [0.15, 0.2) is 6.33 Å². The molecule has 0 aliphatic carbocycles. The van der Waals surface area contributed by atoms with Gasteiger partial charge in [-0.05, 0) is 6.92 Å². The molecule has 0 aromatic carbocycles. The van der Waals surface area contributed by atoms with E-state index < -0.39 is 0 Å². The lowest BCUT2D eigenvalue weighted by molar-refractivity contribution is 0.834. The maximum absolute atomic E-state index is 5.43. The highest BCUT2D eigenvalue weighted by Gasteiger charge is 2.05. The lowest BCUT2D eigenvalue weighted by Crippen LogP contribution is -2.17. The Hall–Kier alpha value is -0.480. The molecule has 0 saturated heterocycles. The number of imidazole rings is 1. The highest BCUT2D eigenvalue weighted by molar-refractivity contribution is 7.81. The van der Waals surface area contributed by atoms with Gasteiger partial charge in [-0.1, -0.05) is 0 Å². The van der Waals surface area contributed by atoms with Crippen molar-refractivity contribution in [3.8, 4) is 0 Å². The minimum atomic E-state index is 0.231. The second-order valence-corrected chi connectivity index (χ2v) is 3.29. The van der Waals surface area contributed by atoms with Gasteiger partial charge in [-0.15, -0.1) is 0 Å². The molecule has 1 heterocycles. The molecule has 0 spiro atoms. The van der Waals surface area contributed by atoms with Crippen LogP contribution >= 0.6 is 12.6 Å². The first-order valence-electron chi connectivity index (χ1n) is 3.61. The van der Waals surface area contributed by atoms with E-state index in [1.165, 1.54) is 0 Å². The second-order valence-electron chi connectivity index (χ2n) is 2.56. The largest absolute Gasteiger partial charge is 0.348 e. The van der Waals surface area contributed by atoms with Crippen LogP contribution in [0.2, 0.25) is 0 Å². The topological polar surface area (TPSA) is 54.7 Å². The SMILES string of the molecule is Cc1nc[nH]c1CC(S)CN. The van der Waals surface area contributed by atoms with Gasteiger partial charge >= 0.3 is 0 Å². The van der Waals surface area contributed by atoms with E-state index in [-0.39, 0.29) is 5.25 Å². The van der Waals surface area contributed by atoms with Gasteiger partial charge in [0.2, 0.25) is 0 Å². The van der Waals surface area contributed by atoms with Gasteiger partial charge in [0.05, 0.1) is 12.0 Å². The lowest BCUT2D eigenvalue weighted by atomic mass is 10.2. The Bertz CT molecular complexity index is 221. The molecule has 0 radical (unpaired) electrons. The summed E-state index contributed by atoms with van der Waals surface area (Å²) in [6.45, 7) is 2.57. The maximum Gasteiger partial charge on any atom is 0.0925 e. The van der Waals surface area contributed by atoms with Crippen molar-refractivity contribution < 1.29 is 0 Å². The van der Waals surface area contributed by atoms with Gasteiger partial charge in [0.25, 0.3) is 0 Å². The lowest BCUT2D eigenvalue weighted by Gasteiger charge is -2.05. The fourth-order valence-electron chi connectivity index (χ4n) is 0.915. The number of aromatic amines is 1. The molecular formula is C7H13N3S. The molecule has 1 unspecified atom stereocenters. The molecule has 0 saturated carbocycles. The molecule has 0 amide bonds. The summed E-state index contributed by atoms with van der Waals surface area (Å²) in [6, 6.07) is 0. The minimum absolute atomic E-state index is 0.231. The molecule has 62 valence electrons. The fourth-order valence-corrected chi connectivity index (χ4v) is 1.10. The van der Waals surface area contributed by atoms with Crippen LogP contribution in [-0.2, 0) is 6.42 Å². The van der Waals surface area contributed by atoms with Crippen molar-refractivity contribution in [1.29, 1.82) is 0 Å². The Labute approximate surface area is 71.8 Å². The molecule has 1 aromatic rings. The van der Waals surface area contributed by atoms with Gasteiger partial charge in [-0.2, -0.15) is 12.6 Å². The van der Waals surface area contributed by atoms with Gasteiger partial charge in [0.1, 0.15) is 0 Å². The van der Waals surface area contributed by atoms with Crippen LogP contribution in [0.25, 0.3) is 0 Å². The highest BCUT2D eigenvalue weighted by atomic mass is 32.1. The number of aromatic nitrogens is 2. The quantitative estimate of drug-likeness (QED) is 0.581. The molecule has 0 bridgehead atoms. The van der Waals surface area contributed by atoms with Crippen LogP contribution in [0.5, 0.6) is 0 Å². The van der Waals surface area contributed by atoms with Crippen molar-refractivity contribution in [1.82, 2.24) is 9.97 Å². The van der Waals surface area contributed by atoms with E-state index in [0.717, 1.165) is 17.8 Å². The summed E-state index contributed by atoms with van der Waals surface area (Å²) in [5.41, 5.74) is 7.60. The summed E-state index contributed by atoms with van der Waals surface area (Å²) < 4.78 is 0. The summed E-state index contributed by atoms with van der Waals surface area (Å²) in [5, 5.41) is 0.231. The molecule has 4 heteroatoms. The van der Waals surface area contributed by atoms with Crippen molar-refractivity contribution in [2.24, 2.45) is 5.73 Å². The smallest absolute Gasteiger partial charge is 0.0925 e. The van der Waals surface area contributed by atoms with E-state index in [4.69, 9.17) is 5.73 Å². The van der Waals surface area contributed by atoms with Crippen molar-refractivity contribution in [2.75, 3.05) is 6.54 Å². The minimum Gasteiger partial charge on any atom is -0.348 e. The predicted octanol–water partition coefficient (Wildman–Crippen LogP) is 0.518. The Morgan fingerprint density at radius 2 is 2.55 bits per heavy atom. The van der Waals surface area contributed by atoms with Crippen molar-refractivity contribution >= 4 is 12.6 Å². The van der Waals surface area contributed by atoms with Gasteiger partial charge in [-0.3, -0.25) is 0 Å². The molecule has 0 aliphatic rings. The summed E-state index contributed by atoms with van der Waals surface area (Å²) >= 11 is 4.29. The summed E-state index contributed by atoms with van der Waals surface area (Å²) in [6.07, 6.45) is 2.56. The van der Waals surface area contributed by atoms with Crippen LogP contribution in [-0.4, -0.2) is 21.8 Å². The normalized spacial score (nSPS) is 13.4. The zero-order valence-electron chi connectivity index (χ0n) is 6.54. The predicted molar refractivity (Wildman–Crippen MR) is 48.9 cm³/mol. The van der Waals surface area contributed by atoms with E-state index >= 15 is 0 Å². The molecule has 11 heavy (non-hydrogen) atoms. The number of aryl methyl sites for hydroxylation is 1. The zero-order chi connectivity index (χ0) is 8.27. The number of rotatable bonds is 3. The first-order chi connectivity index (χ1) is 5.24. The fraction of sp³-hybridized carbons (Fsp3) is 0.571. The van der Waals surface area contributed by atoms with Crippen molar-refractivity contribution in [2.45, 2.75) is 18.6 Å². The van der Waals surface area contributed by atoms with E-state index in [0.29, 0.717) is 6.54 Å². The summed E-state index contributed by atoms with van der Waals surface area (Å²) in [5.74, 6) is 0. The number of thiol groups is 1. The molecule has 1 aromatic heterocycles. The first kappa shape index (κ1) is 8.62. The van der Waals surface area contributed by atoms with E-state index in [1.807, 2.05) is 6.92 Å². The Morgan fingerprint density at radius 3 is 3.00 bits per heavy atom. The molecule has 0 fully saturated rings. The Balaban J connectivity index is 2.56. The number of H-pyrrole nitrogens is 1. The van der Waals surface area contributed by atoms with E-state index in [9.17, 15) is 0 Å². The van der Waals surface area contributed by atoms with Crippen molar-refractivity contribution in [3.05, 3.63) is 17.7 Å². The zero-order valence-corrected chi connectivity index (χ0v) is 7.44. The van der Waals surface area contributed by atoms with Crippen LogP contribution < -0.4 is 5.73 Å². The Kier molecular flexibility index (Phi) is 2.96. The van der Waals surface area contributed by atoms with Gasteiger partial charge in [0.15, 0.2) is 0 Å². The molecule has 1 atom stereocenters. The molecule has 1 rings (SSSR count). The number of hydrogen-bond acceptors (Lipinski definition) is 3. The molecule has 0 aliphatic heterocycles. The van der Waals surface area contributed by atoms with Crippen LogP contribution in [0.4, 0.5) is 0 Å². The van der Waals surface area contributed by atoms with E-state index in [1.54, 1.807) is 6.33 Å². The van der Waals surface area contributed by atoms with Gasteiger partial charge in [0, 0.05) is 23.9 Å². The highest BCUT2D eigenvalue weighted by Crippen LogP contribution is 2.06. The van der Waals surface area contributed by atoms with Crippen LogP contribution in [0.3, 0.4) is 0 Å². The van der Waals surface area contributed by atoms with Crippen molar-refractivity contribution in [3.63, 3.8) is 0 Å². The standard InChI is InChI=1S/C7H13N3S/c1-5-7(10-4-9-5)2-6(11)3-8/h4,6,11H,2-3,8H2,1H3,(H,9,10). The molecule has 3 N–H and O–H groups in total. The summed E-state index contributed by atoms with van der Waals surface area (Å²) in [4.78, 5) is 7.13. The molecule has 3 nitrogen and oxygen atoms in total. The summed E-state index contributed by atoms with van der Waals surface area (Å²) in [7, 11) is 0. The third-order valence-electron chi connectivity index (χ3n) is 1.65. The second kappa shape index (κ2) is 3.78.